The molecule has 0 aliphatic heterocycles. The van der Waals surface area contributed by atoms with Gasteiger partial charge in [0.25, 0.3) is 0 Å². The molecule has 0 saturated carbocycles. The van der Waals surface area contributed by atoms with Crippen LogP contribution in [-0.2, 0) is 0 Å². The Hall–Kier alpha value is -0.840. The average molecular weight is 287 g/mol. The van der Waals surface area contributed by atoms with Crippen LogP contribution in [0, 0.1) is 5.92 Å². The summed E-state index contributed by atoms with van der Waals surface area (Å²) in [7, 11) is 1.83. The molecule has 0 aliphatic rings. The third-order valence-electron chi connectivity index (χ3n) is 2.22. The van der Waals surface area contributed by atoms with Crippen LogP contribution in [0.4, 0.5) is 11.8 Å². The lowest BCUT2D eigenvalue weighted by atomic mass is 10.2. The zero-order chi connectivity index (χ0) is 12.1. The molecule has 0 aliphatic carbocycles. The quantitative estimate of drug-likeness (QED) is 0.904. The third-order valence-corrected chi connectivity index (χ3v) is 2.78. The Morgan fingerprint density at radius 2 is 2.19 bits per heavy atom. The Morgan fingerprint density at radius 3 is 2.69 bits per heavy atom. The van der Waals surface area contributed by atoms with E-state index in [2.05, 4.69) is 56.9 Å². The summed E-state index contributed by atoms with van der Waals surface area (Å²) >= 11 is 3.50. The molecule has 0 unspecified atom stereocenters. The van der Waals surface area contributed by atoms with Gasteiger partial charge in [0.05, 0.1) is 4.47 Å². The van der Waals surface area contributed by atoms with E-state index in [-0.39, 0.29) is 0 Å². The fraction of sp³-hybridized carbons (Fsp3) is 0.636. The van der Waals surface area contributed by atoms with E-state index in [1.54, 1.807) is 6.20 Å². The minimum atomic E-state index is 0.611. The van der Waals surface area contributed by atoms with Crippen molar-refractivity contribution in [1.29, 1.82) is 0 Å². The molecule has 4 nitrogen and oxygen atoms in total. The van der Waals surface area contributed by atoms with Gasteiger partial charge in [-0.05, 0) is 28.8 Å². The van der Waals surface area contributed by atoms with E-state index in [1.165, 1.54) is 0 Å². The van der Waals surface area contributed by atoms with Crippen molar-refractivity contribution >= 4 is 27.7 Å². The minimum absolute atomic E-state index is 0.611. The Bertz CT molecular complexity index is 341. The molecule has 0 radical (unpaired) electrons. The van der Waals surface area contributed by atoms with Gasteiger partial charge >= 0.3 is 0 Å². The van der Waals surface area contributed by atoms with Crippen molar-refractivity contribution in [3.05, 3.63) is 10.7 Å². The van der Waals surface area contributed by atoms with Crippen LogP contribution in [0.2, 0.25) is 0 Å². The molecule has 0 atom stereocenters. The van der Waals surface area contributed by atoms with Crippen LogP contribution in [-0.4, -0.2) is 30.1 Å². The second kappa shape index (κ2) is 6.03. The molecule has 1 N–H and O–H groups in total. The highest BCUT2D eigenvalue weighted by Crippen LogP contribution is 2.24. The van der Waals surface area contributed by atoms with Gasteiger partial charge in [-0.1, -0.05) is 13.8 Å². The van der Waals surface area contributed by atoms with Crippen LogP contribution in [0.25, 0.3) is 0 Å². The number of hydrogen-bond acceptors (Lipinski definition) is 4. The van der Waals surface area contributed by atoms with E-state index < -0.39 is 0 Å². The van der Waals surface area contributed by atoms with Gasteiger partial charge in [-0.15, -0.1) is 0 Å². The van der Waals surface area contributed by atoms with Gasteiger partial charge in [0.2, 0.25) is 5.95 Å². The monoisotopic (exact) mass is 286 g/mol. The van der Waals surface area contributed by atoms with Gasteiger partial charge in [-0.3, -0.25) is 0 Å². The Morgan fingerprint density at radius 1 is 1.50 bits per heavy atom. The number of rotatable bonds is 5. The van der Waals surface area contributed by atoms with Gasteiger partial charge < -0.3 is 10.2 Å². The number of aromatic nitrogens is 2. The van der Waals surface area contributed by atoms with Crippen molar-refractivity contribution in [3.63, 3.8) is 0 Å². The van der Waals surface area contributed by atoms with Crippen molar-refractivity contribution in [1.82, 2.24) is 9.97 Å². The maximum absolute atomic E-state index is 4.47. The normalized spacial score (nSPS) is 10.6. The molecule has 0 bridgehead atoms. The molecule has 1 aromatic rings. The van der Waals surface area contributed by atoms with Crippen LogP contribution in [0.1, 0.15) is 20.8 Å². The number of nitrogens with zero attached hydrogens (tertiary/aromatic N) is 3. The lowest BCUT2D eigenvalue weighted by molar-refractivity contribution is 0.613. The molecule has 1 heterocycles. The van der Waals surface area contributed by atoms with Crippen LogP contribution in [0.15, 0.2) is 10.7 Å². The summed E-state index contributed by atoms with van der Waals surface area (Å²) in [6.07, 6.45) is 1.79. The molecular formula is C11H19BrN4. The fourth-order valence-electron chi connectivity index (χ4n) is 1.51. The van der Waals surface area contributed by atoms with E-state index in [9.17, 15) is 0 Å². The summed E-state index contributed by atoms with van der Waals surface area (Å²) in [5.41, 5.74) is 0. The van der Waals surface area contributed by atoms with Crippen LogP contribution in [0.3, 0.4) is 0 Å². The lowest BCUT2D eigenvalue weighted by Gasteiger charge is -2.25. The maximum atomic E-state index is 4.47. The summed E-state index contributed by atoms with van der Waals surface area (Å²) in [6, 6.07) is 0. The highest BCUT2D eigenvalue weighted by Gasteiger charge is 2.12. The molecule has 0 spiro atoms. The molecule has 0 aromatic carbocycles. The molecule has 5 heteroatoms. The van der Waals surface area contributed by atoms with Crippen LogP contribution < -0.4 is 10.2 Å². The number of nitrogens with one attached hydrogen (secondary N) is 1. The zero-order valence-electron chi connectivity index (χ0n) is 10.3. The molecule has 0 fully saturated rings. The molecule has 1 aromatic heterocycles. The summed E-state index contributed by atoms with van der Waals surface area (Å²) in [5, 5.41) is 2.96. The SMILES string of the molecule is CCN(CC(C)C)c1nc(NC)ncc1Br. The van der Waals surface area contributed by atoms with Gasteiger partial charge in [0.1, 0.15) is 5.82 Å². The highest BCUT2D eigenvalue weighted by molar-refractivity contribution is 9.10. The van der Waals surface area contributed by atoms with E-state index in [0.29, 0.717) is 11.9 Å². The van der Waals surface area contributed by atoms with Crippen molar-refractivity contribution < 1.29 is 0 Å². The molecule has 90 valence electrons. The van der Waals surface area contributed by atoms with Gasteiger partial charge in [0, 0.05) is 26.3 Å². The minimum Gasteiger partial charge on any atom is -0.357 e. The molecule has 1 rings (SSSR count). The van der Waals surface area contributed by atoms with Gasteiger partial charge in [0.15, 0.2) is 0 Å². The maximum Gasteiger partial charge on any atom is 0.224 e. The standard InChI is InChI=1S/C11H19BrN4/c1-5-16(7-8(2)3)10-9(12)6-14-11(13-4)15-10/h6,8H,5,7H2,1-4H3,(H,13,14,15). The second-order valence-corrected chi connectivity index (χ2v) is 4.90. The topological polar surface area (TPSA) is 41.1 Å². The van der Waals surface area contributed by atoms with Crippen molar-refractivity contribution in [2.24, 2.45) is 5.92 Å². The average Bonchev–Trinajstić information content (AvgIpc) is 2.26. The number of hydrogen-bond donors (Lipinski definition) is 1. The second-order valence-electron chi connectivity index (χ2n) is 4.05. The molecule has 0 amide bonds. The van der Waals surface area contributed by atoms with E-state index in [1.807, 2.05) is 7.05 Å². The van der Waals surface area contributed by atoms with Crippen LogP contribution >= 0.6 is 15.9 Å². The zero-order valence-corrected chi connectivity index (χ0v) is 11.9. The van der Waals surface area contributed by atoms with Gasteiger partial charge in [-0.25, -0.2) is 4.98 Å². The van der Waals surface area contributed by atoms with Crippen LogP contribution in [0.5, 0.6) is 0 Å². The first-order chi connectivity index (χ1) is 7.58. The molecule has 0 saturated heterocycles. The summed E-state index contributed by atoms with van der Waals surface area (Å²) < 4.78 is 0.939. The first kappa shape index (κ1) is 13.2. The first-order valence-corrected chi connectivity index (χ1v) is 6.33. The Labute approximate surface area is 106 Å². The summed E-state index contributed by atoms with van der Waals surface area (Å²) in [6.45, 7) is 8.48. The van der Waals surface area contributed by atoms with E-state index >= 15 is 0 Å². The van der Waals surface area contributed by atoms with Crippen molar-refractivity contribution in [3.8, 4) is 0 Å². The fourth-order valence-corrected chi connectivity index (χ4v) is 1.95. The summed E-state index contributed by atoms with van der Waals surface area (Å²) in [4.78, 5) is 10.9. The largest absolute Gasteiger partial charge is 0.357 e. The Kier molecular flexibility index (Phi) is 4.99. The Balaban J connectivity index is 2.98. The smallest absolute Gasteiger partial charge is 0.224 e. The molecular weight excluding hydrogens is 268 g/mol. The van der Waals surface area contributed by atoms with E-state index in [0.717, 1.165) is 23.4 Å². The summed E-state index contributed by atoms with van der Waals surface area (Å²) in [5.74, 6) is 2.22. The first-order valence-electron chi connectivity index (χ1n) is 5.53. The third kappa shape index (κ3) is 3.33. The highest BCUT2D eigenvalue weighted by atomic mass is 79.9. The lowest BCUT2D eigenvalue weighted by Crippen LogP contribution is -2.28. The number of halogens is 1. The van der Waals surface area contributed by atoms with Crippen molar-refractivity contribution in [2.45, 2.75) is 20.8 Å². The predicted molar refractivity (Wildman–Crippen MR) is 72.0 cm³/mol. The molecule has 16 heavy (non-hydrogen) atoms. The van der Waals surface area contributed by atoms with E-state index in [4.69, 9.17) is 0 Å². The predicted octanol–water partition coefficient (Wildman–Crippen LogP) is 2.76. The van der Waals surface area contributed by atoms with Gasteiger partial charge in [-0.2, -0.15) is 4.98 Å². The number of anilines is 2. The van der Waals surface area contributed by atoms with Crippen molar-refractivity contribution in [2.75, 3.05) is 30.4 Å².